The highest BCUT2D eigenvalue weighted by atomic mass is 35.5. The second kappa shape index (κ2) is 9.71. The van der Waals surface area contributed by atoms with Crippen LogP contribution in [0.2, 0.25) is 0 Å². The van der Waals surface area contributed by atoms with E-state index in [-0.39, 0.29) is 23.7 Å². The van der Waals surface area contributed by atoms with E-state index in [0.717, 1.165) is 32.7 Å². The Balaban J connectivity index is 0.00000261. The SMILES string of the molecule is Cl.NC(=O)c1cc(C(O)CN2CCN(Cc3ccccc3)CC2)ccc1O. The number of aliphatic hydroxyl groups excluding tert-OH is 1. The highest BCUT2D eigenvalue weighted by Crippen LogP contribution is 2.23. The highest BCUT2D eigenvalue weighted by molar-refractivity contribution is 5.95. The van der Waals surface area contributed by atoms with E-state index in [9.17, 15) is 15.0 Å². The molecule has 7 heteroatoms. The summed E-state index contributed by atoms with van der Waals surface area (Å²) in [6.07, 6.45) is -0.727. The Morgan fingerprint density at radius 3 is 2.30 bits per heavy atom. The Morgan fingerprint density at radius 2 is 1.67 bits per heavy atom. The van der Waals surface area contributed by atoms with E-state index in [0.29, 0.717) is 12.1 Å². The van der Waals surface area contributed by atoms with Crippen LogP contribution in [0.15, 0.2) is 48.5 Å². The van der Waals surface area contributed by atoms with Crippen LogP contribution in [0.5, 0.6) is 5.75 Å². The number of aliphatic hydroxyl groups is 1. The molecule has 1 heterocycles. The normalized spacial score (nSPS) is 16.5. The Hall–Kier alpha value is -2.12. The first-order chi connectivity index (χ1) is 12.5. The van der Waals surface area contributed by atoms with Gasteiger partial charge >= 0.3 is 0 Å². The van der Waals surface area contributed by atoms with Gasteiger partial charge in [0.1, 0.15) is 5.75 Å². The average molecular weight is 392 g/mol. The third kappa shape index (κ3) is 5.68. The molecule has 146 valence electrons. The number of nitrogens with two attached hydrogens (primary N) is 1. The summed E-state index contributed by atoms with van der Waals surface area (Å²) in [6, 6.07) is 14.9. The highest BCUT2D eigenvalue weighted by Gasteiger charge is 2.21. The summed E-state index contributed by atoms with van der Waals surface area (Å²) in [5.74, 6) is -0.867. The van der Waals surface area contributed by atoms with E-state index < -0.39 is 12.0 Å². The standard InChI is InChI=1S/C20H25N3O3.ClH/c21-20(26)17-12-16(6-7-18(17)24)19(25)14-23-10-8-22(9-11-23)13-15-4-2-1-3-5-15;/h1-7,12,19,24-25H,8-11,13-14H2,(H2,21,26);1H. The van der Waals surface area contributed by atoms with Crippen LogP contribution in [-0.2, 0) is 6.54 Å². The summed E-state index contributed by atoms with van der Waals surface area (Å²) in [5.41, 5.74) is 7.18. The molecule has 27 heavy (non-hydrogen) atoms. The van der Waals surface area contributed by atoms with E-state index in [1.54, 1.807) is 6.07 Å². The largest absolute Gasteiger partial charge is 0.507 e. The number of hydrogen-bond donors (Lipinski definition) is 3. The number of β-amino-alcohol motifs (C(OH)–C–C–N with tert-alkyl or cyclic N) is 1. The van der Waals surface area contributed by atoms with Crippen LogP contribution < -0.4 is 5.73 Å². The fourth-order valence-electron chi connectivity index (χ4n) is 3.28. The molecule has 2 aromatic carbocycles. The van der Waals surface area contributed by atoms with E-state index in [1.807, 2.05) is 6.07 Å². The first-order valence-electron chi connectivity index (χ1n) is 8.82. The quantitative estimate of drug-likeness (QED) is 0.698. The lowest BCUT2D eigenvalue weighted by molar-refractivity contribution is 0.0700. The molecular weight excluding hydrogens is 366 g/mol. The summed E-state index contributed by atoms with van der Waals surface area (Å²) in [7, 11) is 0. The fraction of sp³-hybridized carbons (Fsp3) is 0.350. The minimum absolute atomic E-state index is 0. The summed E-state index contributed by atoms with van der Waals surface area (Å²) in [4.78, 5) is 16.0. The van der Waals surface area contributed by atoms with Gasteiger partial charge in [0.25, 0.3) is 5.91 Å². The van der Waals surface area contributed by atoms with Crippen molar-refractivity contribution in [3.63, 3.8) is 0 Å². The van der Waals surface area contributed by atoms with Gasteiger partial charge in [-0.15, -0.1) is 12.4 Å². The fourth-order valence-corrected chi connectivity index (χ4v) is 3.28. The van der Waals surface area contributed by atoms with Gasteiger partial charge in [0, 0.05) is 39.3 Å². The summed E-state index contributed by atoms with van der Waals surface area (Å²) in [6.45, 7) is 5.09. The molecule has 6 nitrogen and oxygen atoms in total. The number of phenols is 1. The average Bonchev–Trinajstić information content (AvgIpc) is 2.64. The number of carbonyl (C=O) groups excluding carboxylic acids is 1. The Labute approximate surface area is 165 Å². The number of halogens is 1. The minimum Gasteiger partial charge on any atom is -0.507 e. The molecule has 3 rings (SSSR count). The number of rotatable bonds is 6. The lowest BCUT2D eigenvalue weighted by Gasteiger charge is -2.35. The lowest BCUT2D eigenvalue weighted by Crippen LogP contribution is -2.47. The zero-order chi connectivity index (χ0) is 18.5. The number of benzene rings is 2. The van der Waals surface area contributed by atoms with Crippen LogP contribution in [0.25, 0.3) is 0 Å². The molecule has 4 N–H and O–H groups in total. The van der Waals surface area contributed by atoms with E-state index in [2.05, 4.69) is 34.1 Å². The van der Waals surface area contributed by atoms with Crippen LogP contribution in [0.4, 0.5) is 0 Å². The number of amides is 1. The van der Waals surface area contributed by atoms with Crippen molar-refractivity contribution < 1.29 is 15.0 Å². The van der Waals surface area contributed by atoms with E-state index in [1.165, 1.54) is 17.7 Å². The second-order valence-corrected chi connectivity index (χ2v) is 6.72. The van der Waals surface area contributed by atoms with Crippen LogP contribution in [0.1, 0.15) is 27.6 Å². The topological polar surface area (TPSA) is 90.0 Å². The molecule has 1 aliphatic rings. The van der Waals surface area contributed by atoms with E-state index >= 15 is 0 Å². The molecule has 0 saturated carbocycles. The number of aromatic hydroxyl groups is 1. The maximum absolute atomic E-state index is 11.3. The zero-order valence-corrected chi connectivity index (χ0v) is 15.9. The third-order valence-corrected chi connectivity index (χ3v) is 4.82. The first kappa shape index (κ1) is 21.2. The van der Waals surface area contributed by atoms with Crippen molar-refractivity contribution in [2.75, 3.05) is 32.7 Å². The third-order valence-electron chi connectivity index (χ3n) is 4.82. The Bertz CT molecular complexity index is 749. The van der Waals surface area contributed by atoms with Crippen molar-refractivity contribution in [1.29, 1.82) is 0 Å². The van der Waals surface area contributed by atoms with Gasteiger partial charge in [0.05, 0.1) is 11.7 Å². The maximum atomic E-state index is 11.3. The van der Waals surface area contributed by atoms with Gasteiger partial charge in [-0.1, -0.05) is 36.4 Å². The molecule has 1 amide bonds. The van der Waals surface area contributed by atoms with Gasteiger partial charge in [-0.2, -0.15) is 0 Å². The molecule has 0 spiro atoms. The molecule has 0 aromatic heterocycles. The molecule has 0 bridgehead atoms. The first-order valence-corrected chi connectivity index (χ1v) is 8.82. The summed E-state index contributed by atoms with van der Waals surface area (Å²) < 4.78 is 0. The number of nitrogens with zero attached hydrogens (tertiary/aromatic N) is 2. The molecule has 1 saturated heterocycles. The Kier molecular flexibility index (Phi) is 7.62. The Morgan fingerprint density at radius 1 is 1.04 bits per heavy atom. The van der Waals surface area contributed by atoms with Crippen LogP contribution >= 0.6 is 12.4 Å². The maximum Gasteiger partial charge on any atom is 0.252 e. The van der Waals surface area contributed by atoms with Crippen molar-refractivity contribution >= 4 is 18.3 Å². The molecule has 2 aromatic rings. The predicted octanol–water partition coefficient (Wildman–Crippen LogP) is 1.76. The van der Waals surface area contributed by atoms with E-state index in [4.69, 9.17) is 5.73 Å². The van der Waals surface area contributed by atoms with Crippen LogP contribution in [0.3, 0.4) is 0 Å². The van der Waals surface area contributed by atoms with Crippen molar-refractivity contribution in [2.24, 2.45) is 5.73 Å². The van der Waals surface area contributed by atoms with Crippen molar-refractivity contribution in [3.05, 3.63) is 65.2 Å². The summed E-state index contributed by atoms with van der Waals surface area (Å²) >= 11 is 0. The summed E-state index contributed by atoms with van der Waals surface area (Å²) in [5, 5.41) is 20.1. The number of hydrogen-bond acceptors (Lipinski definition) is 5. The molecule has 1 atom stereocenters. The molecule has 1 unspecified atom stereocenters. The number of piperazine rings is 1. The molecular formula is C20H26ClN3O3. The van der Waals surface area contributed by atoms with Gasteiger partial charge in [-0.05, 0) is 23.3 Å². The van der Waals surface area contributed by atoms with Crippen LogP contribution in [-0.4, -0.2) is 58.6 Å². The molecule has 1 fully saturated rings. The second-order valence-electron chi connectivity index (χ2n) is 6.72. The van der Waals surface area contributed by atoms with Crippen molar-refractivity contribution in [2.45, 2.75) is 12.6 Å². The van der Waals surface area contributed by atoms with Gasteiger partial charge in [0.2, 0.25) is 0 Å². The van der Waals surface area contributed by atoms with Crippen LogP contribution in [0, 0.1) is 0 Å². The minimum atomic E-state index is -0.727. The zero-order valence-electron chi connectivity index (χ0n) is 15.1. The molecule has 1 aliphatic heterocycles. The van der Waals surface area contributed by atoms with Crippen molar-refractivity contribution in [1.82, 2.24) is 9.80 Å². The molecule has 0 radical (unpaired) electrons. The monoisotopic (exact) mass is 391 g/mol. The van der Waals surface area contributed by atoms with Crippen molar-refractivity contribution in [3.8, 4) is 5.75 Å². The smallest absolute Gasteiger partial charge is 0.252 e. The molecule has 0 aliphatic carbocycles. The number of primary amides is 1. The lowest BCUT2D eigenvalue weighted by atomic mass is 10.0. The predicted molar refractivity (Wildman–Crippen MR) is 107 cm³/mol. The van der Waals surface area contributed by atoms with Gasteiger partial charge in [-0.25, -0.2) is 0 Å². The van der Waals surface area contributed by atoms with Gasteiger partial charge in [-0.3, -0.25) is 14.6 Å². The number of carbonyl (C=O) groups is 1. The van der Waals surface area contributed by atoms with Gasteiger partial charge in [0.15, 0.2) is 0 Å². The van der Waals surface area contributed by atoms with Gasteiger partial charge < -0.3 is 15.9 Å².